The summed E-state index contributed by atoms with van der Waals surface area (Å²) in [6.45, 7) is 0. The molecule has 0 bridgehead atoms. The van der Waals surface area contributed by atoms with Crippen molar-refractivity contribution in [3.63, 3.8) is 0 Å². The van der Waals surface area contributed by atoms with Gasteiger partial charge in [-0.05, 0) is 23.7 Å². The van der Waals surface area contributed by atoms with E-state index in [4.69, 9.17) is 5.53 Å². The molecule has 3 rings (SSSR count). The summed E-state index contributed by atoms with van der Waals surface area (Å²) in [6.07, 6.45) is 0. The van der Waals surface area contributed by atoms with Crippen molar-refractivity contribution in [2.24, 2.45) is 5.11 Å². The summed E-state index contributed by atoms with van der Waals surface area (Å²) in [6, 6.07) is 12.4. The SMILES string of the molecule is [N-]=[N+]=Nc1cccc2c(=O)c3ccccc3[nH]c12. The molecule has 0 fully saturated rings. The summed E-state index contributed by atoms with van der Waals surface area (Å²) in [4.78, 5) is 18.2. The molecule has 1 heterocycles. The van der Waals surface area contributed by atoms with Crippen molar-refractivity contribution in [1.29, 1.82) is 0 Å². The first kappa shape index (κ1) is 10.4. The topological polar surface area (TPSA) is 81.6 Å². The predicted octanol–water partition coefficient (Wildman–Crippen LogP) is 3.62. The lowest BCUT2D eigenvalue weighted by Gasteiger charge is -2.04. The van der Waals surface area contributed by atoms with E-state index in [1.54, 1.807) is 24.3 Å². The van der Waals surface area contributed by atoms with Crippen LogP contribution in [0.15, 0.2) is 52.4 Å². The molecule has 0 aliphatic carbocycles. The van der Waals surface area contributed by atoms with Crippen LogP contribution in [0.4, 0.5) is 5.69 Å². The van der Waals surface area contributed by atoms with Gasteiger partial charge in [-0.25, -0.2) is 0 Å². The molecule has 86 valence electrons. The quantitative estimate of drug-likeness (QED) is 0.297. The Morgan fingerprint density at radius 1 is 1.06 bits per heavy atom. The summed E-state index contributed by atoms with van der Waals surface area (Å²) < 4.78 is 0. The number of fused-ring (bicyclic) bond motifs is 2. The number of nitrogens with zero attached hydrogens (tertiary/aromatic N) is 3. The number of benzene rings is 2. The van der Waals surface area contributed by atoms with Crippen LogP contribution < -0.4 is 5.43 Å². The van der Waals surface area contributed by atoms with Gasteiger partial charge in [0.1, 0.15) is 0 Å². The van der Waals surface area contributed by atoms with Gasteiger partial charge in [0.05, 0.1) is 11.2 Å². The van der Waals surface area contributed by atoms with E-state index in [0.29, 0.717) is 22.0 Å². The molecule has 0 amide bonds. The standard InChI is InChI=1S/C13H8N4O/c14-17-16-11-7-3-5-9-12(11)15-10-6-2-1-4-8(10)13(9)18/h1-7H,(H,15,18). The van der Waals surface area contributed by atoms with E-state index >= 15 is 0 Å². The second kappa shape index (κ2) is 3.91. The maximum atomic E-state index is 12.3. The van der Waals surface area contributed by atoms with Crippen LogP contribution in [0.5, 0.6) is 0 Å². The highest BCUT2D eigenvalue weighted by Gasteiger charge is 2.06. The fourth-order valence-electron chi connectivity index (χ4n) is 2.06. The minimum Gasteiger partial charge on any atom is -0.354 e. The normalized spacial score (nSPS) is 10.4. The lowest BCUT2D eigenvalue weighted by Crippen LogP contribution is -2.03. The molecular formula is C13H8N4O. The van der Waals surface area contributed by atoms with Crippen molar-refractivity contribution in [1.82, 2.24) is 4.98 Å². The van der Waals surface area contributed by atoms with Crippen LogP contribution in [0.25, 0.3) is 32.2 Å². The number of azide groups is 1. The summed E-state index contributed by atoms with van der Waals surface area (Å²) >= 11 is 0. The zero-order valence-corrected chi connectivity index (χ0v) is 9.29. The van der Waals surface area contributed by atoms with Crippen LogP contribution in [0.2, 0.25) is 0 Å². The first-order valence-corrected chi connectivity index (χ1v) is 5.40. The molecule has 0 aliphatic rings. The van der Waals surface area contributed by atoms with Gasteiger partial charge in [-0.15, -0.1) is 0 Å². The van der Waals surface area contributed by atoms with Crippen molar-refractivity contribution in [3.05, 3.63) is 63.1 Å². The molecule has 0 atom stereocenters. The molecule has 5 nitrogen and oxygen atoms in total. The van der Waals surface area contributed by atoms with E-state index in [1.165, 1.54) is 0 Å². The number of pyridine rings is 1. The van der Waals surface area contributed by atoms with Crippen LogP contribution in [0, 0.1) is 0 Å². The van der Waals surface area contributed by atoms with Gasteiger partial charge >= 0.3 is 0 Å². The fourth-order valence-corrected chi connectivity index (χ4v) is 2.06. The third-order valence-electron chi connectivity index (χ3n) is 2.87. The summed E-state index contributed by atoms with van der Waals surface area (Å²) in [7, 11) is 0. The van der Waals surface area contributed by atoms with Crippen LogP contribution in [-0.4, -0.2) is 4.98 Å². The van der Waals surface area contributed by atoms with Crippen molar-refractivity contribution in [2.75, 3.05) is 0 Å². The average Bonchev–Trinajstić information content (AvgIpc) is 2.40. The Kier molecular flexibility index (Phi) is 2.25. The number of aromatic amines is 1. The second-order valence-electron chi connectivity index (χ2n) is 3.89. The van der Waals surface area contributed by atoms with Gasteiger partial charge in [0.25, 0.3) is 0 Å². The Morgan fingerprint density at radius 2 is 1.83 bits per heavy atom. The molecular weight excluding hydrogens is 228 g/mol. The number of para-hydroxylation sites is 2. The van der Waals surface area contributed by atoms with Crippen molar-refractivity contribution >= 4 is 27.5 Å². The van der Waals surface area contributed by atoms with Crippen LogP contribution in [-0.2, 0) is 0 Å². The molecule has 0 unspecified atom stereocenters. The van der Waals surface area contributed by atoms with E-state index in [-0.39, 0.29) is 5.43 Å². The largest absolute Gasteiger partial charge is 0.354 e. The lowest BCUT2D eigenvalue weighted by molar-refractivity contribution is 1.43. The average molecular weight is 236 g/mol. The van der Waals surface area contributed by atoms with Gasteiger partial charge in [-0.3, -0.25) is 4.79 Å². The molecule has 0 aliphatic heterocycles. The molecule has 0 saturated heterocycles. The van der Waals surface area contributed by atoms with E-state index in [9.17, 15) is 4.79 Å². The van der Waals surface area contributed by atoms with Gasteiger partial charge in [0.15, 0.2) is 5.43 Å². The van der Waals surface area contributed by atoms with Crippen LogP contribution in [0.1, 0.15) is 0 Å². The molecule has 5 heteroatoms. The highest BCUT2D eigenvalue weighted by Crippen LogP contribution is 2.24. The third-order valence-corrected chi connectivity index (χ3v) is 2.87. The Labute approximate surface area is 101 Å². The number of aromatic nitrogens is 1. The Morgan fingerprint density at radius 3 is 2.67 bits per heavy atom. The van der Waals surface area contributed by atoms with Gasteiger partial charge < -0.3 is 4.98 Å². The van der Waals surface area contributed by atoms with E-state index in [0.717, 1.165) is 5.52 Å². The number of rotatable bonds is 1. The minimum absolute atomic E-state index is 0.0608. The Balaban J connectivity index is 2.59. The number of hydrogen-bond donors (Lipinski definition) is 1. The number of nitrogens with one attached hydrogen (secondary N) is 1. The van der Waals surface area contributed by atoms with E-state index < -0.39 is 0 Å². The second-order valence-corrected chi connectivity index (χ2v) is 3.89. The summed E-state index contributed by atoms with van der Waals surface area (Å²) in [5.41, 5.74) is 10.2. The maximum Gasteiger partial charge on any atom is 0.197 e. The first-order valence-electron chi connectivity index (χ1n) is 5.40. The van der Waals surface area contributed by atoms with Crippen molar-refractivity contribution < 1.29 is 0 Å². The molecule has 1 aromatic heterocycles. The van der Waals surface area contributed by atoms with Crippen molar-refractivity contribution in [3.8, 4) is 0 Å². The van der Waals surface area contributed by atoms with Gasteiger partial charge in [-0.2, -0.15) is 0 Å². The number of hydrogen-bond acceptors (Lipinski definition) is 2. The molecule has 1 N–H and O–H groups in total. The monoisotopic (exact) mass is 236 g/mol. The molecule has 2 aromatic carbocycles. The summed E-state index contributed by atoms with van der Waals surface area (Å²) in [5, 5.41) is 4.75. The lowest BCUT2D eigenvalue weighted by atomic mass is 10.1. The van der Waals surface area contributed by atoms with Crippen LogP contribution >= 0.6 is 0 Å². The predicted molar refractivity (Wildman–Crippen MR) is 70.9 cm³/mol. The zero-order valence-electron chi connectivity index (χ0n) is 9.29. The Bertz CT molecular complexity index is 860. The van der Waals surface area contributed by atoms with Gasteiger partial charge in [-0.1, -0.05) is 29.4 Å². The fraction of sp³-hybridized carbons (Fsp3) is 0. The third kappa shape index (κ3) is 1.43. The maximum absolute atomic E-state index is 12.3. The van der Waals surface area contributed by atoms with E-state index in [2.05, 4.69) is 15.0 Å². The highest BCUT2D eigenvalue weighted by molar-refractivity contribution is 5.97. The highest BCUT2D eigenvalue weighted by atomic mass is 16.1. The Hall–Kier alpha value is -2.78. The smallest absolute Gasteiger partial charge is 0.197 e. The minimum atomic E-state index is -0.0608. The van der Waals surface area contributed by atoms with E-state index in [1.807, 2.05) is 18.2 Å². The molecule has 0 saturated carbocycles. The number of H-pyrrole nitrogens is 1. The zero-order chi connectivity index (χ0) is 12.5. The van der Waals surface area contributed by atoms with Gasteiger partial charge in [0, 0.05) is 21.2 Å². The molecule has 3 aromatic rings. The molecule has 0 spiro atoms. The van der Waals surface area contributed by atoms with Crippen LogP contribution in [0.3, 0.4) is 0 Å². The summed E-state index contributed by atoms with van der Waals surface area (Å²) in [5.74, 6) is 0. The molecule has 18 heavy (non-hydrogen) atoms. The first-order chi connectivity index (χ1) is 8.81. The molecule has 0 radical (unpaired) electrons. The van der Waals surface area contributed by atoms with Crippen molar-refractivity contribution in [2.45, 2.75) is 0 Å². The van der Waals surface area contributed by atoms with Gasteiger partial charge in [0.2, 0.25) is 0 Å².